The predicted molar refractivity (Wildman–Crippen MR) is 50.8 cm³/mol. The van der Waals surface area contributed by atoms with E-state index < -0.39 is 0 Å². The van der Waals surface area contributed by atoms with Crippen LogP contribution in [-0.4, -0.2) is 17.1 Å². The van der Waals surface area contributed by atoms with Gasteiger partial charge in [-0.05, 0) is 18.6 Å². The van der Waals surface area contributed by atoms with E-state index >= 15 is 0 Å². The number of para-hydroxylation sites is 1. The highest BCUT2D eigenvalue weighted by atomic mass is 16.5. The second kappa shape index (κ2) is 3.01. The minimum atomic E-state index is 0.633. The van der Waals surface area contributed by atoms with E-state index in [1.807, 2.05) is 25.1 Å². The molecular formula is C10H10N2O. The van der Waals surface area contributed by atoms with Gasteiger partial charge in [-0.3, -0.25) is 0 Å². The highest BCUT2D eigenvalue weighted by molar-refractivity contribution is 5.85. The van der Waals surface area contributed by atoms with Crippen molar-refractivity contribution in [3.8, 4) is 5.88 Å². The van der Waals surface area contributed by atoms with Gasteiger partial charge in [-0.25, -0.2) is 9.97 Å². The summed E-state index contributed by atoms with van der Waals surface area (Å²) >= 11 is 0. The van der Waals surface area contributed by atoms with Crippen LogP contribution in [0.5, 0.6) is 5.88 Å². The Hall–Kier alpha value is -1.64. The molecule has 0 amide bonds. The van der Waals surface area contributed by atoms with Crippen molar-refractivity contribution in [3.63, 3.8) is 0 Å². The van der Waals surface area contributed by atoms with Crippen LogP contribution >= 0.6 is 0 Å². The van der Waals surface area contributed by atoms with Gasteiger partial charge in [-0.2, -0.15) is 0 Å². The monoisotopic (exact) mass is 174 g/mol. The third-order valence-electron chi connectivity index (χ3n) is 2.02. The van der Waals surface area contributed by atoms with E-state index in [4.69, 9.17) is 4.74 Å². The highest BCUT2D eigenvalue weighted by Crippen LogP contribution is 2.22. The summed E-state index contributed by atoms with van der Waals surface area (Å²) < 4.78 is 5.13. The molecule has 0 unspecified atom stereocenters. The molecule has 0 N–H and O–H groups in total. The van der Waals surface area contributed by atoms with Crippen molar-refractivity contribution in [2.45, 2.75) is 6.92 Å². The molecule has 0 atom stereocenters. The molecule has 3 nitrogen and oxygen atoms in total. The molecule has 13 heavy (non-hydrogen) atoms. The fourth-order valence-electron chi connectivity index (χ4n) is 1.37. The molecule has 1 heterocycles. The molecule has 1 aromatic heterocycles. The van der Waals surface area contributed by atoms with Crippen LogP contribution < -0.4 is 4.74 Å². The molecule has 2 rings (SSSR count). The zero-order valence-corrected chi connectivity index (χ0v) is 7.61. The molecule has 3 heteroatoms. The summed E-state index contributed by atoms with van der Waals surface area (Å²) in [7, 11) is 1.62. The number of benzene rings is 1. The Labute approximate surface area is 76.4 Å². The maximum atomic E-state index is 5.13. The van der Waals surface area contributed by atoms with Crippen LogP contribution in [0.25, 0.3) is 10.9 Å². The Kier molecular flexibility index (Phi) is 1.85. The van der Waals surface area contributed by atoms with E-state index in [1.165, 1.54) is 6.33 Å². The molecule has 0 aliphatic heterocycles. The van der Waals surface area contributed by atoms with Gasteiger partial charge < -0.3 is 4.74 Å². The zero-order chi connectivity index (χ0) is 9.26. The predicted octanol–water partition coefficient (Wildman–Crippen LogP) is 1.95. The second-order valence-electron chi connectivity index (χ2n) is 2.85. The van der Waals surface area contributed by atoms with E-state index in [1.54, 1.807) is 7.11 Å². The van der Waals surface area contributed by atoms with Gasteiger partial charge in [-0.15, -0.1) is 0 Å². The summed E-state index contributed by atoms with van der Waals surface area (Å²) in [6.45, 7) is 2.02. The van der Waals surface area contributed by atoms with Gasteiger partial charge in [-0.1, -0.05) is 12.1 Å². The Bertz CT molecular complexity index is 440. The fourth-order valence-corrected chi connectivity index (χ4v) is 1.37. The molecule has 0 aliphatic carbocycles. The summed E-state index contributed by atoms with van der Waals surface area (Å²) in [5, 5.41) is 0.963. The first-order valence-corrected chi connectivity index (χ1v) is 4.07. The first kappa shape index (κ1) is 7.98. The molecule has 0 fully saturated rings. The van der Waals surface area contributed by atoms with E-state index in [0.717, 1.165) is 16.5 Å². The molecule has 0 saturated heterocycles. The second-order valence-corrected chi connectivity index (χ2v) is 2.85. The quantitative estimate of drug-likeness (QED) is 0.662. The fraction of sp³-hybridized carbons (Fsp3) is 0.200. The van der Waals surface area contributed by atoms with Crippen molar-refractivity contribution in [3.05, 3.63) is 30.1 Å². The summed E-state index contributed by atoms with van der Waals surface area (Å²) in [6, 6.07) is 5.96. The number of methoxy groups -OCH3 is 1. The van der Waals surface area contributed by atoms with Gasteiger partial charge in [0.25, 0.3) is 0 Å². The smallest absolute Gasteiger partial charge is 0.224 e. The number of ether oxygens (including phenoxy) is 1. The molecule has 0 bridgehead atoms. The third-order valence-corrected chi connectivity index (χ3v) is 2.02. The third kappa shape index (κ3) is 1.22. The largest absolute Gasteiger partial charge is 0.480 e. The molecular weight excluding hydrogens is 164 g/mol. The normalized spacial score (nSPS) is 10.3. The first-order valence-electron chi connectivity index (χ1n) is 4.07. The van der Waals surface area contributed by atoms with Crippen molar-refractivity contribution in [2.75, 3.05) is 7.11 Å². The maximum absolute atomic E-state index is 5.13. The highest BCUT2D eigenvalue weighted by Gasteiger charge is 2.03. The Balaban J connectivity index is 2.84. The Morgan fingerprint density at radius 1 is 1.23 bits per heavy atom. The van der Waals surface area contributed by atoms with Crippen molar-refractivity contribution in [1.82, 2.24) is 9.97 Å². The lowest BCUT2D eigenvalue weighted by molar-refractivity contribution is 0.402. The number of fused-ring (bicyclic) bond motifs is 1. The number of aromatic nitrogens is 2. The Morgan fingerprint density at radius 2 is 2.08 bits per heavy atom. The van der Waals surface area contributed by atoms with Crippen molar-refractivity contribution in [1.29, 1.82) is 0 Å². The number of hydrogen-bond acceptors (Lipinski definition) is 3. The lowest BCUT2D eigenvalue weighted by Crippen LogP contribution is -1.91. The van der Waals surface area contributed by atoms with Crippen LogP contribution in [0.1, 0.15) is 5.56 Å². The SMILES string of the molecule is COc1ncnc2c(C)cccc12. The minimum Gasteiger partial charge on any atom is -0.480 e. The number of rotatable bonds is 1. The summed E-state index contributed by atoms with van der Waals surface area (Å²) in [4.78, 5) is 8.23. The molecule has 0 aliphatic rings. The standard InChI is InChI=1S/C10H10N2O/c1-7-4-3-5-8-9(7)11-6-12-10(8)13-2/h3-6H,1-2H3. The van der Waals surface area contributed by atoms with Gasteiger partial charge in [0.05, 0.1) is 18.0 Å². The van der Waals surface area contributed by atoms with Crippen LogP contribution in [0.15, 0.2) is 24.5 Å². The number of nitrogens with zero attached hydrogens (tertiary/aromatic N) is 2. The molecule has 2 aromatic rings. The van der Waals surface area contributed by atoms with Crippen LogP contribution in [0.2, 0.25) is 0 Å². The molecule has 1 aromatic carbocycles. The number of hydrogen-bond donors (Lipinski definition) is 0. The minimum absolute atomic E-state index is 0.633. The molecule has 66 valence electrons. The van der Waals surface area contributed by atoms with Crippen LogP contribution in [0, 0.1) is 6.92 Å². The lowest BCUT2D eigenvalue weighted by atomic mass is 10.1. The topological polar surface area (TPSA) is 35.0 Å². The van der Waals surface area contributed by atoms with Crippen molar-refractivity contribution < 1.29 is 4.74 Å². The van der Waals surface area contributed by atoms with E-state index in [0.29, 0.717) is 5.88 Å². The van der Waals surface area contributed by atoms with Crippen molar-refractivity contribution >= 4 is 10.9 Å². The van der Waals surface area contributed by atoms with E-state index in [-0.39, 0.29) is 0 Å². The first-order chi connectivity index (χ1) is 6.33. The zero-order valence-electron chi connectivity index (χ0n) is 7.61. The van der Waals surface area contributed by atoms with Crippen molar-refractivity contribution in [2.24, 2.45) is 0 Å². The van der Waals surface area contributed by atoms with Crippen LogP contribution in [0.4, 0.5) is 0 Å². The number of aryl methyl sites for hydroxylation is 1. The molecule has 0 radical (unpaired) electrons. The summed E-state index contributed by atoms with van der Waals surface area (Å²) in [5.74, 6) is 0.633. The summed E-state index contributed by atoms with van der Waals surface area (Å²) in [5.41, 5.74) is 2.09. The van der Waals surface area contributed by atoms with Gasteiger partial charge >= 0.3 is 0 Å². The van der Waals surface area contributed by atoms with Gasteiger partial charge in [0.15, 0.2) is 0 Å². The summed E-state index contributed by atoms with van der Waals surface area (Å²) in [6.07, 6.45) is 1.52. The van der Waals surface area contributed by atoms with Crippen LogP contribution in [0.3, 0.4) is 0 Å². The van der Waals surface area contributed by atoms with Gasteiger partial charge in [0.2, 0.25) is 5.88 Å². The maximum Gasteiger partial charge on any atom is 0.224 e. The van der Waals surface area contributed by atoms with Crippen LogP contribution in [-0.2, 0) is 0 Å². The average molecular weight is 174 g/mol. The molecule has 0 spiro atoms. The Morgan fingerprint density at radius 3 is 2.85 bits per heavy atom. The van der Waals surface area contributed by atoms with E-state index in [9.17, 15) is 0 Å². The average Bonchev–Trinajstić information content (AvgIpc) is 2.18. The van der Waals surface area contributed by atoms with E-state index in [2.05, 4.69) is 9.97 Å². The molecule has 0 saturated carbocycles. The van der Waals surface area contributed by atoms with Gasteiger partial charge in [0, 0.05) is 0 Å². The van der Waals surface area contributed by atoms with Gasteiger partial charge in [0.1, 0.15) is 6.33 Å². The lowest BCUT2D eigenvalue weighted by Gasteiger charge is -2.04.